The van der Waals surface area contributed by atoms with Crippen LogP contribution in [-0.2, 0) is 11.3 Å². The van der Waals surface area contributed by atoms with Crippen LogP contribution in [-0.4, -0.2) is 58.0 Å². The van der Waals surface area contributed by atoms with Crippen LogP contribution >= 0.6 is 11.8 Å². The first-order chi connectivity index (χ1) is 16.5. The molecule has 182 valence electrons. The van der Waals surface area contributed by atoms with Crippen LogP contribution in [0.1, 0.15) is 56.8 Å². The molecule has 1 atom stereocenters. The maximum Gasteiger partial charge on any atom is 0.175 e. The number of aliphatic hydroxyl groups excluding tert-OH is 1. The molecule has 2 saturated heterocycles. The quantitative estimate of drug-likeness (QED) is 0.671. The highest BCUT2D eigenvalue weighted by molar-refractivity contribution is 7.99. The Kier molecular flexibility index (Phi) is 5.61. The number of aromatic nitrogens is 3. The summed E-state index contributed by atoms with van der Waals surface area (Å²) in [6, 6.07) is 1.97. The van der Waals surface area contributed by atoms with E-state index < -0.39 is 0 Å². The predicted octanol–water partition coefficient (Wildman–Crippen LogP) is 3.95. The van der Waals surface area contributed by atoms with Crippen molar-refractivity contribution in [2.45, 2.75) is 80.5 Å². The molecular weight excluding hydrogens is 450 g/mol. The van der Waals surface area contributed by atoms with Gasteiger partial charge in [0.25, 0.3) is 0 Å². The molecule has 0 radical (unpaired) electrons. The number of pyridine rings is 1. The van der Waals surface area contributed by atoms with Crippen molar-refractivity contribution in [2.75, 3.05) is 36.5 Å². The highest BCUT2D eigenvalue weighted by atomic mass is 32.2. The Bertz CT molecular complexity index is 1080. The van der Waals surface area contributed by atoms with E-state index in [0.29, 0.717) is 23.8 Å². The monoisotopic (exact) mass is 483 g/mol. The van der Waals surface area contributed by atoms with E-state index in [9.17, 15) is 5.11 Å². The van der Waals surface area contributed by atoms with Gasteiger partial charge in [-0.1, -0.05) is 11.8 Å². The fraction of sp³-hybridized carbons (Fsp3) is 0.640. The highest BCUT2D eigenvalue weighted by Crippen LogP contribution is 2.48. The number of hydrogen-bond donors (Lipinski definition) is 2. The number of ether oxygens (including phenoxy) is 2. The lowest BCUT2D eigenvalue weighted by atomic mass is 9.77. The Morgan fingerprint density at radius 3 is 2.74 bits per heavy atom. The lowest BCUT2D eigenvalue weighted by Gasteiger charge is -2.39. The zero-order chi connectivity index (χ0) is 23.3. The van der Waals surface area contributed by atoms with Gasteiger partial charge in [0.1, 0.15) is 10.7 Å². The molecule has 6 rings (SSSR count). The molecule has 9 heteroatoms. The lowest BCUT2D eigenvalue weighted by Crippen LogP contribution is -2.41. The average Bonchev–Trinajstić information content (AvgIpc) is 3.55. The SMILES string of the molecule is Cc1nc(N2CCC3(CC2)CO[C@@H](C)C3)c(CO)nc1Sc1ccnc2c1OCCC1(CC1)N2. The zero-order valence-corrected chi connectivity index (χ0v) is 20.8. The maximum absolute atomic E-state index is 10.2. The molecule has 0 aromatic carbocycles. The third-order valence-corrected chi connectivity index (χ3v) is 9.01. The number of aliphatic hydroxyl groups is 1. The summed E-state index contributed by atoms with van der Waals surface area (Å²) >= 11 is 1.53. The topological polar surface area (TPSA) is 92.6 Å². The number of nitrogens with one attached hydrogen (secondary N) is 1. The summed E-state index contributed by atoms with van der Waals surface area (Å²) in [6.45, 7) is 7.42. The van der Waals surface area contributed by atoms with Crippen LogP contribution < -0.4 is 15.0 Å². The van der Waals surface area contributed by atoms with Crippen LogP contribution in [0.5, 0.6) is 5.75 Å². The predicted molar refractivity (Wildman–Crippen MR) is 131 cm³/mol. The Morgan fingerprint density at radius 1 is 1.21 bits per heavy atom. The number of rotatable bonds is 4. The summed E-state index contributed by atoms with van der Waals surface area (Å²) in [6.07, 6.45) is 8.84. The van der Waals surface area contributed by atoms with Gasteiger partial charge in [0, 0.05) is 31.2 Å². The fourth-order valence-corrected chi connectivity index (χ4v) is 6.53. The third-order valence-electron chi connectivity index (χ3n) is 7.88. The summed E-state index contributed by atoms with van der Waals surface area (Å²) in [5, 5.41) is 14.6. The first-order valence-electron chi connectivity index (χ1n) is 12.4. The van der Waals surface area contributed by atoms with Crippen LogP contribution in [0.4, 0.5) is 11.6 Å². The fourth-order valence-electron chi connectivity index (χ4n) is 5.60. The Balaban J connectivity index is 1.23. The summed E-state index contributed by atoms with van der Waals surface area (Å²) in [7, 11) is 0. The Morgan fingerprint density at radius 2 is 2.03 bits per heavy atom. The van der Waals surface area contributed by atoms with E-state index in [0.717, 1.165) is 78.4 Å². The van der Waals surface area contributed by atoms with Gasteiger partial charge < -0.3 is 24.8 Å². The minimum atomic E-state index is -0.132. The van der Waals surface area contributed by atoms with Crippen molar-refractivity contribution in [3.63, 3.8) is 0 Å². The Hall–Kier alpha value is -2.10. The molecular formula is C25H33N5O3S. The summed E-state index contributed by atoms with van der Waals surface area (Å²) in [5.74, 6) is 2.42. The number of piperidine rings is 1. The van der Waals surface area contributed by atoms with Crippen LogP contribution in [0.25, 0.3) is 0 Å². The van der Waals surface area contributed by atoms with E-state index in [-0.39, 0.29) is 12.1 Å². The van der Waals surface area contributed by atoms with E-state index in [2.05, 4.69) is 22.1 Å². The van der Waals surface area contributed by atoms with Crippen molar-refractivity contribution in [2.24, 2.45) is 5.41 Å². The van der Waals surface area contributed by atoms with Crippen LogP contribution in [0, 0.1) is 12.3 Å². The van der Waals surface area contributed by atoms with Crippen LogP contribution in [0.3, 0.4) is 0 Å². The van der Waals surface area contributed by atoms with Crippen molar-refractivity contribution in [1.29, 1.82) is 0 Å². The first-order valence-corrected chi connectivity index (χ1v) is 13.2. The molecule has 3 fully saturated rings. The van der Waals surface area contributed by atoms with E-state index >= 15 is 0 Å². The summed E-state index contributed by atoms with van der Waals surface area (Å²) in [5.41, 5.74) is 1.97. The summed E-state index contributed by atoms with van der Waals surface area (Å²) < 4.78 is 12.0. The van der Waals surface area contributed by atoms with Crippen molar-refractivity contribution in [3.05, 3.63) is 23.7 Å². The molecule has 2 spiro atoms. The molecule has 2 N–H and O–H groups in total. The zero-order valence-electron chi connectivity index (χ0n) is 20.0. The highest BCUT2D eigenvalue weighted by Gasteiger charge is 2.45. The smallest absolute Gasteiger partial charge is 0.175 e. The largest absolute Gasteiger partial charge is 0.488 e. The standard InChI is InChI=1S/C25H33N5O3S/c1-16-13-24(15-33-16)6-10-30(11-7-24)22-18(14-31)28-23(17(2)27-22)34-19-3-9-26-21-20(19)32-12-8-25(29-21)4-5-25/h3,9,16,31H,4-8,10-15H2,1-2H3,(H,26,29)/t16-/m0/s1. The van der Waals surface area contributed by atoms with Gasteiger partial charge in [-0.2, -0.15) is 0 Å². The molecule has 3 aliphatic heterocycles. The van der Waals surface area contributed by atoms with Gasteiger partial charge in [-0.25, -0.2) is 15.0 Å². The van der Waals surface area contributed by atoms with Crippen LogP contribution in [0.2, 0.25) is 0 Å². The van der Waals surface area contributed by atoms with Crippen molar-refractivity contribution in [1.82, 2.24) is 15.0 Å². The van der Waals surface area contributed by atoms with E-state index in [4.69, 9.17) is 19.4 Å². The van der Waals surface area contributed by atoms with Gasteiger partial charge in [0.05, 0.1) is 36.5 Å². The minimum absolute atomic E-state index is 0.132. The number of anilines is 2. The minimum Gasteiger partial charge on any atom is -0.488 e. The molecule has 2 aromatic rings. The van der Waals surface area contributed by atoms with Crippen molar-refractivity contribution < 1.29 is 14.6 Å². The van der Waals surface area contributed by atoms with E-state index in [1.165, 1.54) is 24.6 Å². The Labute approximate surface area is 204 Å². The van der Waals surface area contributed by atoms with Gasteiger partial charge in [-0.05, 0) is 57.4 Å². The second kappa shape index (κ2) is 8.53. The van der Waals surface area contributed by atoms with Gasteiger partial charge >= 0.3 is 0 Å². The molecule has 34 heavy (non-hydrogen) atoms. The molecule has 0 amide bonds. The second-order valence-corrected chi connectivity index (χ2v) is 11.5. The van der Waals surface area contributed by atoms with Gasteiger partial charge in [-0.15, -0.1) is 0 Å². The first kappa shape index (κ1) is 22.4. The van der Waals surface area contributed by atoms with E-state index in [1.54, 1.807) is 0 Å². The molecule has 4 aliphatic rings. The maximum atomic E-state index is 10.2. The summed E-state index contributed by atoms with van der Waals surface area (Å²) in [4.78, 5) is 17.6. The number of hydrogen-bond acceptors (Lipinski definition) is 9. The molecule has 2 aromatic heterocycles. The van der Waals surface area contributed by atoms with Gasteiger partial charge in [0.2, 0.25) is 0 Å². The third kappa shape index (κ3) is 4.12. The van der Waals surface area contributed by atoms with Crippen molar-refractivity contribution in [3.8, 4) is 5.75 Å². The van der Waals surface area contributed by atoms with E-state index in [1.807, 2.05) is 19.2 Å². The number of aryl methyl sites for hydroxylation is 1. The van der Waals surface area contributed by atoms with Gasteiger partial charge in [-0.3, -0.25) is 0 Å². The number of fused-ring (bicyclic) bond motifs is 1. The lowest BCUT2D eigenvalue weighted by molar-refractivity contribution is 0.0975. The van der Waals surface area contributed by atoms with Gasteiger partial charge in [0.15, 0.2) is 17.4 Å². The molecule has 1 saturated carbocycles. The molecule has 1 aliphatic carbocycles. The average molecular weight is 484 g/mol. The molecule has 0 unspecified atom stereocenters. The normalized spacial score (nSPS) is 24.4. The number of nitrogens with zero attached hydrogens (tertiary/aromatic N) is 4. The second-order valence-electron chi connectivity index (χ2n) is 10.4. The molecule has 5 heterocycles. The molecule has 8 nitrogen and oxygen atoms in total. The van der Waals surface area contributed by atoms with Crippen molar-refractivity contribution >= 4 is 23.4 Å². The molecule has 0 bridgehead atoms. The van der Waals surface area contributed by atoms with Crippen LogP contribution in [0.15, 0.2) is 22.2 Å².